The lowest BCUT2D eigenvalue weighted by molar-refractivity contribution is -0.297. The van der Waals surface area contributed by atoms with E-state index in [9.17, 15) is 14.7 Å². The van der Waals surface area contributed by atoms with Gasteiger partial charge in [-0.25, -0.2) is 4.98 Å². The molecule has 0 fully saturated rings. The van der Waals surface area contributed by atoms with Gasteiger partial charge in [0.15, 0.2) is 5.58 Å². The van der Waals surface area contributed by atoms with Crippen molar-refractivity contribution in [1.29, 1.82) is 0 Å². The standard InChI is InChI=1S/C17H12N2O4/c20-15(9-10-16(21)22)18-12-7-5-11(6-8-12)17-19-13-3-1-2-4-14(13)23-17/h1-10H,(H,18,20)(H,21,22)/p-1. The first-order valence-corrected chi connectivity index (χ1v) is 6.78. The van der Waals surface area contributed by atoms with Gasteiger partial charge in [0.1, 0.15) is 5.52 Å². The van der Waals surface area contributed by atoms with E-state index in [4.69, 9.17) is 4.42 Å². The van der Waals surface area contributed by atoms with Crippen LogP contribution in [0.2, 0.25) is 0 Å². The molecule has 6 nitrogen and oxygen atoms in total. The topological polar surface area (TPSA) is 95.3 Å². The number of hydrogen-bond donors (Lipinski definition) is 1. The van der Waals surface area contributed by atoms with Crippen molar-refractivity contribution in [2.24, 2.45) is 0 Å². The lowest BCUT2D eigenvalue weighted by Crippen LogP contribution is -2.20. The number of aliphatic carboxylic acids is 1. The van der Waals surface area contributed by atoms with Crippen LogP contribution in [0.3, 0.4) is 0 Å². The first-order valence-electron chi connectivity index (χ1n) is 6.78. The van der Waals surface area contributed by atoms with Crippen LogP contribution in [0, 0.1) is 0 Å². The molecule has 1 heterocycles. The number of carbonyl (C=O) groups excluding carboxylic acids is 2. The van der Waals surface area contributed by atoms with Gasteiger partial charge >= 0.3 is 0 Å². The van der Waals surface area contributed by atoms with Gasteiger partial charge in [0.25, 0.3) is 0 Å². The summed E-state index contributed by atoms with van der Waals surface area (Å²) in [6, 6.07) is 14.3. The molecule has 0 bridgehead atoms. The molecule has 0 aliphatic rings. The predicted molar refractivity (Wildman–Crippen MR) is 82.2 cm³/mol. The van der Waals surface area contributed by atoms with E-state index in [0.29, 0.717) is 23.2 Å². The maximum Gasteiger partial charge on any atom is 0.248 e. The van der Waals surface area contributed by atoms with Gasteiger partial charge in [0, 0.05) is 17.3 Å². The summed E-state index contributed by atoms with van der Waals surface area (Å²) in [6.45, 7) is 0. The number of benzene rings is 2. The Morgan fingerprint density at radius 3 is 2.48 bits per heavy atom. The largest absolute Gasteiger partial charge is 0.545 e. The third kappa shape index (κ3) is 3.44. The highest BCUT2D eigenvalue weighted by molar-refractivity contribution is 6.02. The molecule has 1 N–H and O–H groups in total. The number of amides is 1. The monoisotopic (exact) mass is 307 g/mol. The fourth-order valence-corrected chi connectivity index (χ4v) is 2.02. The van der Waals surface area contributed by atoms with Gasteiger partial charge in [0.2, 0.25) is 11.8 Å². The van der Waals surface area contributed by atoms with Crippen molar-refractivity contribution in [2.75, 3.05) is 5.32 Å². The van der Waals surface area contributed by atoms with E-state index in [0.717, 1.165) is 17.2 Å². The Morgan fingerprint density at radius 1 is 1.04 bits per heavy atom. The van der Waals surface area contributed by atoms with Crippen LogP contribution < -0.4 is 10.4 Å². The van der Waals surface area contributed by atoms with Crippen LogP contribution in [0.25, 0.3) is 22.6 Å². The fourth-order valence-electron chi connectivity index (χ4n) is 2.02. The summed E-state index contributed by atoms with van der Waals surface area (Å²) in [5, 5.41) is 12.8. The van der Waals surface area contributed by atoms with Crippen molar-refractivity contribution in [3.05, 3.63) is 60.7 Å². The van der Waals surface area contributed by atoms with Crippen LogP contribution in [0.1, 0.15) is 0 Å². The van der Waals surface area contributed by atoms with Crippen LogP contribution in [0.4, 0.5) is 5.69 Å². The normalized spacial score (nSPS) is 11.0. The number of rotatable bonds is 4. The summed E-state index contributed by atoms with van der Waals surface area (Å²) < 4.78 is 5.66. The lowest BCUT2D eigenvalue weighted by Gasteiger charge is -2.03. The zero-order valence-corrected chi connectivity index (χ0v) is 11.9. The van der Waals surface area contributed by atoms with Crippen molar-refractivity contribution in [1.82, 2.24) is 4.98 Å². The molecule has 0 spiro atoms. The number of anilines is 1. The zero-order valence-electron chi connectivity index (χ0n) is 11.9. The molecule has 3 aromatic rings. The number of nitrogens with one attached hydrogen (secondary N) is 1. The molecule has 1 aromatic heterocycles. The van der Waals surface area contributed by atoms with Gasteiger partial charge in [0.05, 0.1) is 5.97 Å². The Balaban J connectivity index is 1.76. The molecular formula is C17H11N2O4-. The van der Waals surface area contributed by atoms with E-state index in [1.54, 1.807) is 24.3 Å². The number of carboxylic acids is 1. The van der Waals surface area contributed by atoms with Crippen molar-refractivity contribution < 1.29 is 19.1 Å². The maximum absolute atomic E-state index is 11.5. The smallest absolute Gasteiger partial charge is 0.248 e. The van der Waals surface area contributed by atoms with Crippen molar-refractivity contribution >= 4 is 28.7 Å². The van der Waals surface area contributed by atoms with E-state index in [1.807, 2.05) is 24.3 Å². The van der Waals surface area contributed by atoms with Crippen molar-refractivity contribution in [2.45, 2.75) is 0 Å². The predicted octanol–water partition coefficient (Wildman–Crippen LogP) is 1.74. The van der Waals surface area contributed by atoms with Crippen LogP contribution in [-0.4, -0.2) is 16.9 Å². The third-order valence-electron chi connectivity index (χ3n) is 3.06. The number of nitrogens with zero attached hydrogens (tertiary/aromatic N) is 1. The molecule has 114 valence electrons. The summed E-state index contributed by atoms with van der Waals surface area (Å²) in [5.74, 6) is -1.49. The second kappa shape index (κ2) is 6.15. The second-order valence-corrected chi connectivity index (χ2v) is 4.71. The molecule has 0 unspecified atom stereocenters. The number of fused-ring (bicyclic) bond motifs is 1. The number of hydrogen-bond acceptors (Lipinski definition) is 5. The molecule has 0 saturated carbocycles. The van der Waals surface area contributed by atoms with Crippen LogP contribution in [0.5, 0.6) is 0 Å². The SMILES string of the molecule is O=C([O-])C=CC(=O)Nc1ccc(-c2nc3ccccc3o2)cc1. The van der Waals surface area contributed by atoms with Gasteiger partial charge in [-0.3, -0.25) is 4.79 Å². The molecule has 0 saturated heterocycles. The minimum atomic E-state index is -1.42. The number of carboxylic acid groups (broad SMARTS) is 1. The molecule has 0 radical (unpaired) electrons. The molecule has 0 aliphatic carbocycles. The Labute approximate surface area is 131 Å². The highest BCUT2D eigenvalue weighted by atomic mass is 16.4. The van der Waals surface area contributed by atoms with Gasteiger partial charge in [-0.2, -0.15) is 0 Å². The van der Waals surface area contributed by atoms with Gasteiger partial charge in [-0.1, -0.05) is 12.1 Å². The number of oxazole rings is 1. The summed E-state index contributed by atoms with van der Waals surface area (Å²) in [4.78, 5) is 26.1. The first kappa shape index (κ1) is 14.5. The quantitative estimate of drug-likeness (QED) is 0.741. The molecule has 1 amide bonds. The Hall–Kier alpha value is -3.41. The van der Waals surface area contributed by atoms with E-state index < -0.39 is 11.9 Å². The molecule has 3 rings (SSSR count). The third-order valence-corrected chi connectivity index (χ3v) is 3.06. The van der Waals surface area contributed by atoms with E-state index in [2.05, 4.69) is 10.3 Å². The summed E-state index contributed by atoms with van der Waals surface area (Å²) >= 11 is 0. The minimum Gasteiger partial charge on any atom is -0.545 e. The molecule has 0 atom stereocenters. The number of aromatic nitrogens is 1. The summed E-state index contributed by atoms with van der Waals surface area (Å²) in [6.07, 6.45) is 1.56. The van der Waals surface area contributed by atoms with Crippen molar-refractivity contribution in [3.8, 4) is 11.5 Å². The molecule has 23 heavy (non-hydrogen) atoms. The van der Waals surface area contributed by atoms with Gasteiger partial charge < -0.3 is 19.6 Å². The lowest BCUT2D eigenvalue weighted by atomic mass is 10.2. The second-order valence-electron chi connectivity index (χ2n) is 4.71. The van der Waals surface area contributed by atoms with Gasteiger partial charge in [-0.05, 0) is 42.5 Å². The Bertz CT molecular complexity index is 861. The molecule has 0 aliphatic heterocycles. The number of carbonyl (C=O) groups is 2. The van der Waals surface area contributed by atoms with Gasteiger partial charge in [-0.15, -0.1) is 0 Å². The minimum absolute atomic E-state index is 0.487. The van der Waals surface area contributed by atoms with E-state index in [1.165, 1.54) is 0 Å². The average Bonchev–Trinajstić information content (AvgIpc) is 2.97. The molecular weight excluding hydrogens is 296 g/mol. The first-order chi connectivity index (χ1) is 11.1. The summed E-state index contributed by atoms with van der Waals surface area (Å²) in [7, 11) is 0. The average molecular weight is 307 g/mol. The molecule has 6 heteroatoms. The molecule has 2 aromatic carbocycles. The van der Waals surface area contributed by atoms with E-state index in [-0.39, 0.29) is 0 Å². The van der Waals surface area contributed by atoms with Crippen LogP contribution in [0.15, 0.2) is 65.1 Å². The van der Waals surface area contributed by atoms with Crippen LogP contribution in [-0.2, 0) is 9.59 Å². The fraction of sp³-hybridized carbons (Fsp3) is 0. The Morgan fingerprint density at radius 2 is 1.78 bits per heavy atom. The highest BCUT2D eigenvalue weighted by Crippen LogP contribution is 2.25. The van der Waals surface area contributed by atoms with Crippen molar-refractivity contribution in [3.63, 3.8) is 0 Å². The van der Waals surface area contributed by atoms with E-state index >= 15 is 0 Å². The summed E-state index contributed by atoms with van der Waals surface area (Å²) in [5.41, 5.74) is 2.77. The maximum atomic E-state index is 11.5. The Kier molecular flexibility index (Phi) is 3.88. The number of para-hydroxylation sites is 2. The highest BCUT2D eigenvalue weighted by Gasteiger charge is 2.07. The zero-order chi connectivity index (χ0) is 16.2. The van der Waals surface area contributed by atoms with Crippen LogP contribution >= 0.6 is 0 Å².